The monoisotopic (exact) mass is 278 g/mol. The summed E-state index contributed by atoms with van der Waals surface area (Å²) in [4.78, 5) is 13.6. The summed E-state index contributed by atoms with van der Waals surface area (Å²) in [5, 5.41) is 17.7. The Morgan fingerprint density at radius 3 is 2.85 bits per heavy atom. The van der Waals surface area contributed by atoms with Crippen LogP contribution in [-0.2, 0) is 17.8 Å². The molecule has 0 aromatic carbocycles. The van der Waals surface area contributed by atoms with Crippen molar-refractivity contribution in [1.82, 2.24) is 19.7 Å². The normalized spacial score (nSPS) is 27.2. The van der Waals surface area contributed by atoms with E-state index in [9.17, 15) is 9.90 Å². The number of piperidine rings is 1. The van der Waals surface area contributed by atoms with Crippen LogP contribution in [0.2, 0.25) is 0 Å². The van der Waals surface area contributed by atoms with E-state index >= 15 is 0 Å². The lowest BCUT2D eigenvalue weighted by molar-refractivity contribution is -0.139. The van der Waals surface area contributed by atoms with E-state index in [0.717, 1.165) is 31.8 Å². The van der Waals surface area contributed by atoms with Crippen LogP contribution < -0.4 is 0 Å². The van der Waals surface area contributed by atoms with Gasteiger partial charge in [0.2, 0.25) is 0 Å². The van der Waals surface area contributed by atoms with Crippen LogP contribution in [0, 0.1) is 5.92 Å². The van der Waals surface area contributed by atoms with Gasteiger partial charge in [-0.2, -0.15) is 0 Å². The summed E-state index contributed by atoms with van der Waals surface area (Å²) in [6.45, 7) is 3.14. The fourth-order valence-corrected chi connectivity index (χ4v) is 3.52. The Hall–Kier alpha value is -1.43. The smallest absolute Gasteiger partial charge is 0.314 e. The number of aliphatic carboxylic acids is 1. The molecule has 110 valence electrons. The van der Waals surface area contributed by atoms with Crippen LogP contribution in [0.15, 0.2) is 0 Å². The molecule has 2 aliphatic rings. The first kappa shape index (κ1) is 13.5. The number of aromatic nitrogens is 3. The number of rotatable bonds is 3. The molecule has 1 aromatic rings. The third kappa shape index (κ3) is 2.57. The van der Waals surface area contributed by atoms with Crippen molar-refractivity contribution >= 4 is 5.97 Å². The van der Waals surface area contributed by atoms with Crippen molar-refractivity contribution in [2.45, 2.75) is 44.6 Å². The Balaban J connectivity index is 1.76. The zero-order valence-electron chi connectivity index (χ0n) is 12.0. The fraction of sp³-hybridized carbons (Fsp3) is 0.786. The van der Waals surface area contributed by atoms with Gasteiger partial charge >= 0.3 is 5.97 Å². The van der Waals surface area contributed by atoms with Crippen LogP contribution in [0.1, 0.15) is 43.3 Å². The van der Waals surface area contributed by atoms with Gasteiger partial charge in [-0.3, -0.25) is 4.79 Å². The van der Waals surface area contributed by atoms with E-state index in [1.807, 2.05) is 0 Å². The molecule has 6 nitrogen and oxygen atoms in total. The SMILES string of the molecule is CN1CCCC(Cc2nnc3n2CCCC3C(=O)O)C1. The molecule has 3 rings (SSSR count). The van der Waals surface area contributed by atoms with Gasteiger partial charge in [0.05, 0.1) is 0 Å². The molecule has 6 heteroatoms. The van der Waals surface area contributed by atoms with Crippen molar-refractivity contribution in [3.8, 4) is 0 Å². The minimum absolute atomic E-state index is 0.473. The number of hydrogen-bond acceptors (Lipinski definition) is 4. The highest BCUT2D eigenvalue weighted by Crippen LogP contribution is 2.28. The zero-order valence-corrected chi connectivity index (χ0v) is 12.0. The molecule has 0 spiro atoms. The van der Waals surface area contributed by atoms with Crippen molar-refractivity contribution in [2.24, 2.45) is 5.92 Å². The van der Waals surface area contributed by atoms with E-state index in [4.69, 9.17) is 0 Å². The molecule has 2 atom stereocenters. The van der Waals surface area contributed by atoms with Crippen molar-refractivity contribution in [1.29, 1.82) is 0 Å². The van der Waals surface area contributed by atoms with Crippen molar-refractivity contribution in [2.75, 3.05) is 20.1 Å². The van der Waals surface area contributed by atoms with Gasteiger partial charge in [0, 0.05) is 19.5 Å². The maximum Gasteiger partial charge on any atom is 0.314 e. The van der Waals surface area contributed by atoms with Crippen LogP contribution >= 0.6 is 0 Å². The highest BCUT2D eigenvalue weighted by atomic mass is 16.4. The molecule has 2 aliphatic heterocycles. The number of hydrogen-bond donors (Lipinski definition) is 1. The quantitative estimate of drug-likeness (QED) is 0.897. The van der Waals surface area contributed by atoms with Gasteiger partial charge in [-0.15, -0.1) is 10.2 Å². The Labute approximate surface area is 118 Å². The first-order chi connectivity index (χ1) is 9.65. The molecule has 1 saturated heterocycles. The van der Waals surface area contributed by atoms with Gasteiger partial charge in [0.25, 0.3) is 0 Å². The molecule has 2 unspecified atom stereocenters. The minimum atomic E-state index is -0.776. The maximum atomic E-state index is 11.3. The summed E-state index contributed by atoms with van der Waals surface area (Å²) in [6.07, 6.45) is 4.97. The van der Waals surface area contributed by atoms with Gasteiger partial charge < -0.3 is 14.6 Å². The van der Waals surface area contributed by atoms with E-state index in [2.05, 4.69) is 26.7 Å². The van der Waals surface area contributed by atoms with Crippen LogP contribution in [0.25, 0.3) is 0 Å². The Morgan fingerprint density at radius 1 is 1.30 bits per heavy atom. The molecule has 3 heterocycles. The molecular formula is C14H22N4O2. The summed E-state index contributed by atoms with van der Waals surface area (Å²) >= 11 is 0. The van der Waals surface area contributed by atoms with E-state index in [0.29, 0.717) is 18.2 Å². The Kier molecular flexibility index (Phi) is 3.74. The molecule has 1 fully saturated rings. The van der Waals surface area contributed by atoms with Gasteiger partial charge in [-0.1, -0.05) is 0 Å². The topological polar surface area (TPSA) is 71.2 Å². The largest absolute Gasteiger partial charge is 0.481 e. The third-order valence-corrected chi connectivity index (χ3v) is 4.53. The molecular weight excluding hydrogens is 256 g/mol. The molecule has 1 N–H and O–H groups in total. The number of nitrogens with zero attached hydrogens (tertiary/aromatic N) is 4. The fourth-order valence-electron chi connectivity index (χ4n) is 3.52. The number of carboxylic acid groups (broad SMARTS) is 1. The van der Waals surface area contributed by atoms with Crippen LogP contribution in [-0.4, -0.2) is 50.9 Å². The molecule has 20 heavy (non-hydrogen) atoms. The standard InChI is InChI=1S/C14H22N4O2/c1-17-6-2-4-10(9-17)8-12-15-16-13-11(14(19)20)5-3-7-18(12)13/h10-11H,2-9H2,1H3,(H,19,20). The van der Waals surface area contributed by atoms with Crippen LogP contribution in [0.5, 0.6) is 0 Å². The van der Waals surface area contributed by atoms with Crippen molar-refractivity contribution in [3.05, 3.63) is 11.6 Å². The zero-order chi connectivity index (χ0) is 14.1. The highest BCUT2D eigenvalue weighted by molar-refractivity contribution is 5.75. The molecule has 0 aliphatic carbocycles. The molecule has 0 radical (unpaired) electrons. The van der Waals surface area contributed by atoms with E-state index in [1.54, 1.807) is 0 Å². The predicted octanol–water partition coefficient (Wildman–Crippen LogP) is 1.12. The maximum absolute atomic E-state index is 11.3. The van der Waals surface area contributed by atoms with E-state index < -0.39 is 11.9 Å². The molecule has 0 saturated carbocycles. The molecule has 0 amide bonds. The average molecular weight is 278 g/mol. The van der Waals surface area contributed by atoms with Crippen molar-refractivity contribution in [3.63, 3.8) is 0 Å². The van der Waals surface area contributed by atoms with Gasteiger partial charge in [0.15, 0.2) is 0 Å². The number of fused-ring (bicyclic) bond motifs is 1. The third-order valence-electron chi connectivity index (χ3n) is 4.53. The van der Waals surface area contributed by atoms with E-state index in [1.165, 1.54) is 19.4 Å². The second-order valence-corrected chi connectivity index (χ2v) is 6.13. The van der Waals surface area contributed by atoms with Crippen molar-refractivity contribution < 1.29 is 9.90 Å². The summed E-state index contributed by atoms with van der Waals surface area (Å²) < 4.78 is 2.05. The van der Waals surface area contributed by atoms with E-state index in [-0.39, 0.29) is 0 Å². The second kappa shape index (κ2) is 5.52. The summed E-state index contributed by atoms with van der Waals surface area (Å²) in [5.74, 6) is 1.00. The predicted molar refractivity (Wildman–Crippen MR) is 73.6 cm³/mol. The lowest BCUT2D eigenvalue weighted by Gasteiger charge is -2.29. The number of likely N-dealkylation sites (tertiary alicyclic amines) is 1. The molecule has 0 bridgehead atoms. The van der Waals surface area contributed by atoms with Crippen LogP contribution in [0.4, 0.5) is 0 Å². The Morgan fingerprint density at radius 2 is 2.10 bits per heavy atom. The van der Waals surface area contributed by atoms with Gasteiger partial charge in [-0.25, -0.2) is 0 Å². The average Bonchev–Trinajstić information content (AvgIpc) is 2.82. The minimum Gasteiger partial charge on any atom is -0.481 e. The van der Waals surface area contributed by atoms with Crippen LogP contribution in [0.3, 0.4) is 0 Å². The first-order valence-corrected chi connectivity index (χ1v) is 7.48. The lowest BCUT2D eigenvalue weighted by atomic mass is 9.94. The van der Waals surface area contributed by atoms with Gasteiger partial charge in [-0.05, 0) is 45.2 Å². The summed E-state index contributed by atoms with van der Waals surface area (Å²) in [5.41, 5.74) is 0. The molecule has 1 aromatic heterocycles. The summed E-state index contributed by atoms with van der Waals surface area (Å²) in [6, 6.07) is 0. The summed E-state index contributed by atoms with van der Waals surface area (Å²) in [7, 11) is 2.16. The lowest BCUT2D eigenvalue weighted by Crippen LogP contribution is -2.33. The Bertz CT molecular complexity index is 499. The second-order valence-electron chi connectivity index (χ2n) is 6.13. The first-order valence-electron chi connectivity index (χ1n) is 7.48. The number of carboxylic acids is 1. The highest BCUT2D eigenvalue weighted by Gasteiger charge is 2.31. The number of carbonyl (C=O) groups is 1. The van der Waals surface area contributed by atoms with Gasteiger partial charge in [0.1, 0.15) is 17.6 Å².